The molecule has 8 nitrogen and oxygen atoms in total. The minimum atomic E-state index is -1.49. The smallest absolute Gasteiger partial charge is 0.186 e. The minimum Gasteiger partial charge on any atom is -0.394 e. The third-order valence-corrected chi connectivity index (χ3v) is 6.61. The molecule has 35 heavy (non-hydrogen) atoms. The third kappa shape index (κ3) is 15.2. The van der Waals surface area contributed by atoms with Crippen LogP contribution < -0.4 is 5.32 Å². The van der Waals surface area contributed by atoms with Gasteiger partial charge >= 0.3 is 0 Å². The Morgan fingerprint density at radius 2 is 1.34 bits per heavy atom. The maximum atomic E-state index is 10.0. The summed E-state index contributed by atoms with van der Waals surface area (Å²) < 4.78 is 10.6. The van der Waals surface area contributed by atoms with E-state index in [0.29, 0.717) is 0 Å². The van der Waals surface area contributed by atoms with E-state index in [-0.39, 0.29) is 13.2 Å². The molecule has 0 amide bonds. The van der Waals surface area contributed by atoms with E-state index in [2.05, 4.69) is 18.3 Å². The fourth-order valence-electron chi connectivity index (χ4n) is 4.30. The summed E-state index contributed by atoms with van der Waals surface area (Å²) in [7, 11) is 0. The molecule has 8 heteroatoms. The average Bonchev–Trinajstić information content (AvgIpc) is 2.86. The van der Waals surface area contributed by atoms with Gasteiger partial charge in [0.2, 0.25) is 0 Å². The van der Waals surface area contributed by atoms with Gasteiger partial charge in [0.1, 0.15) is 24.4 Å². The molecule has 1 fully saturated rings. The minimum absolute atomic E-state index is 0.123. The lowest BCUT2D eigenvalue weighted by Gasteiger charge is -2.39. The molecule has 0 spiro atoms. The molecule has 0 saturated carbocycles. The quantitative estimate of drug-likeness (QED) is 0.124. The van der Waals surface area contributed by atoms with E-state index in [1.807, 2.05) is 6.20 Å². The highest BCUT2D eigenvalue weighted by atomic mass is 16.7. The van der Waals surface area contributed by atoms with Crippen molar-refractivity contribution in [2.24, 2.45) is 0 Å². The summed E-state index contributed by atoms with van der Waals surface area (Å²) in [5.41, 5.74) is 0. The van der Waals surface area contributed by atoms with Gasteiger partial charge in [0, 0.05) is 6.54 Å². The second kappa shape index (κ2) is 21.4. The van der Waals surface area contributed by atoms with Gasteiger partial charge in [-0.1, -0.05) is 96.5 Å². The summed E-state index contributed by atoms with van der Waals surface area (Å²) in [5, 5.41) is 51.7. The first-order valence-corrected chi connectivity index (χ1v) is 14.0. The zero-order chi connectivity index (χ0) is 25.7. The number of aliphatic hydroxyl groups excluding tert-OH is 5. The molecule has 0 aromatic carbocycles. The van der Waals surface area contributed by atoms with Crippen molar-refractivity contribution in [1.29, 1.82) is 0 Å². The van der Waals surface area contributed by atoms with Crippen molar-refractivity contribution in [1.82, 2.24) is 5.32 Å². The Hall–Kier alpha value is -0.740. The summed E-state index contributed by atoms with van der Waals surface area (Å²) in [6.07, 6.45) is 16.4. The van der Waals surface area contributed by atoms with Crippen LogP contribution in [0.4, 0.5) is 0 Å². The first-order valence-electron chi connectivity index (χ1n) is 14.0. The number of ether oxygens (including phenoxy) is 2. The second-order valence-corrected chi connectivity index (χ2v) is 9.88. The van der Waals surface area contributed by atoms with E-state index in [9.17, 15) is 25.5 Å². The van der Waals surface area contributed by atoms with E-state index >= 15 is 0 Å². The number of nitrogens with one attached hydrogen (secondary N) is 1. The van der Waals surface area contributed by atoms with Crippen molar-refractivity contribution < 1.29 is 35.0 Å². The van der Waals surface area contributed by atoms with Crippen LogP contribution in [0.2, 0.25) is 0 Å². The first kappa shape index (κ1) is 32.3. The van der Waals surface area contributed by atoms with E-state index in [1.165, 1.54) is 89.9 Å². The average molecular weight is 504 g/mol. The van der Waals surface area contributed by atoms with Crippen molar-refractivity contribution in [2.45, 2.75) is 140 Å². The van der Waals surface area contributed by atoms with Crippen LogP contribution in [0, 0.1) is 0 Å². The molecule has 6 N–H and O–H groups in total. The number of hydrogen-bond donors (Lipinski definition) is 6. The second-order valence-electron chi connectivity index (χ2n) is 9.88. The molecule has 1 unspecified atom stereocenters. The van der Waals surface area contributed by atoms with Crippen LogP contribution in [0.15, 0.2) is 12.3 Å². The van der Waals surface area contributed by atoms with Crippen molar-refractivity contribution in [3.63, 3.8) is 0 Å². The molecule has 0 aromatic heterocycles. The number of allylic oxidation sites excluding steroid dienone is 1. The van der Waals surface area contributed by atoms with Gasteiger partial charge in [-0.15, -0.1) is 0 Å². The number of aliphatic hydroxyl groups is 5. The summed E-state index contributed by atoms with van der Waals surface area (Å²) in [6.45, 7) is 1.90. The van der Waals surface area contributed by atoms with Gasteiger partial charge in [-0.05, 0) is 19.0 Å². The molecule has 1 heterocycles. The molecule has 1 rings (SSSR count). The number of unbranched alkanes of at least 4 members (excludes halogenated alkanes) is 14. The molecule has 0 aliphatic carbocycles. The Morgan fingerprint density at radius 1 is 0.800 bits per heavy atom. The van der Waals surface area contributed by atoms with Crippen molar-refractivity contribution in [3.8, 4) is 0 Å². The predicted octanol–water partition coefficient (Wildman–Crippen LogP) is 3.14. The van der Waals surface area contributed by atoms with Crippen molar-refractivity contribution in [3.05, 3.63) is 12.3 Å². The Labute approximate surface area is 212 Å². The molecule has 0 radical (unpaired) electrons. The fourth-order valence-corrected chi connectivity index (χ4v) is 4.30. The largest absolute Gasteiger partial charge is 0.394 e. The third-order valence-electron chi connectivity index (χ3n) is 6.61. The first-order chi connectivity index (χ1) is 17.0. The van der Waals surface area contributed by atoms with Crippen LogP contribution in [0.5, 0.6) is 0 Å². The van der Waals surface area contributed by atoms with Gasteiger partial charge in [0.15, 0.2) is 6.29 Å². The van der Waals surface area contributed by atoms with E-state index in [4.69, 9.17) is 9.47 Å². The van der Waals surface area contributed by atoms with Gasteiger partial charge in [-0.25, -0.2) is 0 Å². The van der Waals surface area contributed by atoms with Crippen LogP contribution >= 0.6 is 0 Å². The Morgan fingerprint density at radius 3 is 1.89 bits per heavy atom. The molecule has 1 aliphatic heterocycles. The number of hydrogen-bond acceptors (Lipinski definition) is 8. The topological polar surface area (TPSA) is 132 Å². The normalized spacial score (nSPS) is 25.8. The zero-order valence-electron chi connectivity index (χ0n) is 21.9. The molecule has 0 bridgehead atoms. The summed E-state index contributed by atoms with van der Waals surface area (Å²) in [5.74, 6) is 0. The van der Waals surface area contributed by atoms with Crippen LogP contribution in [-0.4, -0.2) is 82.1 Å². The van der Waals surface area contributed by atoms with Crippen LogP contribution in [0.1, 0.15) is 103 Å². The molecule has 1 aliphatic rings. The van der Waals surface area contributed by atoms with Crippen molar-refractivity contribution >= 4 is 0 Å². The highest BCUT2D eigenvalue weighted by molar-refractivity contribution is 4.89. The van der Waals surface area contributed by atoms with Crippen LogP contribution in [-0.2, 0) is 9.47 Å². The summed E-state index contributed by atoms with van der Waals surface area (Å²) >= 11 is 0. The molecular formula is C27H53NO7. The Kier molecular flexibility index (Phi) is 19.7. The predicted molar refractivity (Wildman–Crippen MR) is 138 cm³/mol. The highest BCUT2D eigenvalue weighted by Crippen LogP contribution is 2.22. The lowest BCUT2D eigenvalue weighted by molar-refractivity contribution is -0.304. The molecule has 0 aromatic rings. The molecule has 1 saturated heterocycles. The summed E-state index contributed by atoms with van der Waals surface area (Å²) in [4.78, 5) is 0. The van der Waals surface area contributed by atoms with E-state index < -0.39 is 43.4 Å². The van der Waals surface area contributed by atoms with Crippen LogP contribution in [0.25, 0.3) is 0 Å². The zero-order valence-corrected chi connectivity index (χ0v) is 21.9. The SMILES string of the molecule is CCCCCCCCCCCCCCCCC=CNCC(O)CO[C@H]1O[C@H](CO)[C@H](O)[C@H](O)[C@H]1O. The highest BCUT2D eigenvalue weighted by Gasteiger charge is 2.44. The van der Waals surface area contributed by atoms with Gasteiger partial charge < -0.3 is 40.3 Å². The van der Waals surface area contributed by atoms with Gasteiger partial charge in [0.25, 0.3) is 0 Å². The lowest BCUT2D eigenvalue weighted by atomic mass is 9.99. The molecule has 6 atom stereocenters. The standard InChI is InChI=1S/C27H53NO7/c1-2-3-4-5-6-7-8-9-10-11-12-13-14-15-16-17-18-28-19-22(30)21-34-27-26(33)25(32)24(31)23(20-29)35-27/h17-18,22-33H,2-16,19-21H2,1H3/t22?,23-,24+,25+,26-,27+/m1/s1. The van der Waals surface area contributed by atoms with Gasteiger partial charge in [-0.3, -0.25) is 0 Å². The maximum Gasteiger partial charge on any atom is 0.186 e. The Bertz CT molecular complexity index is 506. The maximum absolute atomic E-state index is 10.0. The Balaban J connectivity index is 1.91. The van der Waals surface area contributed by atoms with E-state index in [1.54, 1.807) is 0 Å². The molecular weight excluding hydrogens is 450 g/mol. The monoisotopic (exact) mass is 503 g/mol. The molecule has 208 valence electrons. The fraction of sp³-hybridized carbons (Fsp3) is 0.926. The van der Waals surface area contributed by atoms with Gasteiger partial charge in [-0.2, -0.15) is 0 Å². The van der Waals surface area contributed by atoms with Crippen LogP contribution in [0.3, 0.4) is 0 Å². The van der Waals surface area contributed by atoms with Crippen molar-refractivity contribution in [2.75, 3.05) is 19.8 Å². The van der Waals surface area contributed by atoms with E-state index in [0.717, 1.165) is 6.42 Å². The summed E-state index contributed by atoms with van der Waals surface area (Å²) in [6, 6.07) is 0. The number of rotatable bonds is 22. The lowest BCUT2D eigenvalue weighted by Crippen LogP contribution is -2.59. The van der Waals surface area contributed by atoms with Gasteiger partial charge in [0.05, 0.1) is 19.3 Å².